The molecular weight excluding hydrogens is 253 g/mol. The molecule has 0 saturated heterocycles. The number of rotatable bonds is 3. The zero-order chi connectivity index (χ0) is 14.0. The lowest BCUT2D eigenvalue weighted by molar-refractivity contribution is -0.137. The highest BCUT2D eigenvalue weighted by molar-refractivity contribution is 5.54. The normalized spacial score (nSPS) is 15.7. The van der Waals surface area contributed by atoms with Crippen molar-refractivity contribution in [3.05, 3.63) is 29.3 Å². The molecule has 0 amide bonds. The smallest absolute Gasteiger partial charge is 0.374 e. The lowest BCUT2D eigenvalue weighted by Crippen LogP contribution is -2.29. The average Bonchev–Trinajstić information content (AvgIpc) is 2.31. The van der Waals surface area contributed by atoms with Gasteiger partial charge in [-0.3, -0.25) is 0 Å². The molecule has 1 aliphatic carbocycles. The molecule has 1 aliphatic rings. The van der Waals surface area contributed by atoms with Crippen molar-refractivity contribution in [1.82, 2.24) is 0 Å². The molecule has 102 valence electrons. The third-order valence-electron chi connectivity index (χ3n) is 3.63. The second-order valence-corrected chi connectivity index (χ2v) is 5.02. The van der Waals surface area contributed by atoms with Crippen LogP contribution in [0.15, 0.2) is 18.2 Å². The Bertz CT molecular complexity index is 498. The van der Waals surface area contributed by atoms with Crippen LogP contribution in [0.4, 0.5) is 18.9 Å². The molecule has 1 aromatic rings. The Balaban J connectivity index is 2.24. The van der Waals surface area contributed by atoms with Gasteiger partial charge in [0.05, 0.1) is 17.2 Å². The Morgan fingerprint density at radius 2 is 2.05 bits per heavy atom. The van der Waals surface area contributed by atoms with Crippen LogP contribution in [0.25, 0.3) is 0 Å². The van der Waals surface area contributed by atoms with E-state index in [1.54, 1.807) is 19.2 Å². The third-order valence-corrected chi connectivity index (χ3v) is 3.63. The van der Waals surface area contributed by atoms with Crippen LogP contribution in [0.1, 0.15) is 30.4 Å². The lowest BCUT2D eigenvalue weighted by atomic mass is 9.85. The molecule has 19 heavy (non-hydrogen) atoms. The predicted molar refractivity (Wildman–Crippen MR) is 66.8 cm³/mol. The molecule has 0 radical (unpaired) electrons. The van der Waals surface area contributed by atoms with Crippen LogP contribution in [-0.4, -0.2) is 13.6 Å². The first-order valence-corrected chi connectivity index (χ1v) is 6.24. The van der Waals surface area contributed by atoms with Gasteiger partial charge in [-0.05, 0) is 37.0 Å². The van der Waals surface area contributed by atoms with Crippen LogP contribution < -0.4 is 4.90 Å². The van der Waals surface area contributed by atoms with Gasteiger partial charge in [-0.15, -0.1) is 0 Å². The van der Waals surface area contributed by atoms with Gasteiger partial charge in [0.25, 0.3) is 0 Å². The maximum atomic E-state index is 12.8. The van der Waals surface area contributed by atoms with Crippen molar-refractivity contribution in [1.29, 1.82) is 5.26 Å². The van der Waals surface area contributed by atoms with Gasteiger partial charge in [0.15, 0.2) is 0 Å². The van der Waals surface area contributed by atoms with Crippen LogP contribution in [0.3, 0.4) is 0 Å². The summed E-state index contributed by atoms with van der Waals surface area (Å²) in [4.78, 5) is 1.83. The summed E-state index contributed by atoms with van der Waals surface area (Å²) in [5.41, 5.74) is -0.667. The van der Waals surface area contributed by atoms with Crippen molar-refractivity contribution >= 4 is 5.69 Å². The Morgan fingerprint density at radius 1 is 1.37 bits per heavy atom. The topological polar surface area (TPSA) is 27.0 Å². The van der Waals surface area contributed by atoms with Crippen molar-refractivity contribution < 1.29 is 13.2 Å². The molecule has 2 rings (SSSR count). The number of nitriles is 1. The van der Waals surface area contributed by atoms with Crippen LogP contribution in [-0.2, 0) is 6.18 Å². The summed E-state index contributed by atoms with van der Waals surface area (Å²) in [5.74, 6) is 0.579. The van der Waals surface area contributed by atoms with E-state index < -0.39 is 11.7 Å². The minimum absolute atomic E-state index is 0.326. The van der Waals surface area contributed by atoms with Gasteiger partial charge in [0.2, 0.25) is 0 Å². The molecule has 0 N–H and O–H groups in total. The van der Waals surface area contributed by atoms with E-state index in [-0.39, 0.29) is 5.56 Å². The Hall–Kier alpha value is -1.70. The van der Waals surface area contributed by atoms with Gasteiger partial charge in [-0.25, -0.2) is 0 Å². The van der Waals surface area contributed by atoms with E-state index in [1.165, 1.54) is 12.5 Å². The van der Waals surface area contributed by atoms with E-state index in [2.05, 4.69) is 0 Å². The number of halogens is 3. The van der Waals surface area contributed by atoms with E-state index in [9.17, 15) is 13.2 Å². The van der Waals surface area contributed by atoms with Gasteiger partial charge in [-0.2, -0.15) is 18.4 Å². The summed E-state index contributed by atoms with van der Waals surface area (Å²) in [5, 5.41) is 8.74. The summed E-state index contributed by atoms with van der Waals surface area (Å²) < 4.78 is 38.5. The van der Waals surface area contributed by atoms with Gasteiger partial charge in [0.1, 0.15) is 0 Å². The minimum atomic E-state index is -4.49. The number of hydrogen-bond acceptors (Lipinski definition) is 2. The quantitative estimate of drug-likeness (QED) is 0.833. The number of benzene rings is 1. The second kappa shape index (κ2) is 5.12. The fourth-order valence-corrected chi connectivity index (χ4v) is 2.27. The van der Waals surface area contributed by atoms with Crippen molar-refractivity contribution in [2.45, 2.75) is 25.4 Å². The van der Waals surface area contributed by atoms with Crippen molar-refractivity contribution in [3.8, 4) is 6.07 Å². The maximum Gasteiger partial charge on any atom is 0.417 e. The molecule has 0 aliphatic heterocycles. The van der Waals surface area contributed by atoms with Crippen molar-refractivity contribution in [2.24, 2.45) is 5.92 Å². The molecule has 2 nitrogen and oxygen atoms in total. The monoisotopic (exact) mass is 268 g/mol. The Labute approximate surface area is 110 Å². The Morgan fingerprint density at radius 3 is 2.53 bits per heavy atom. The molecule has 5 heteroatoms. The molecule has 0 heterocycles. The number of alkyl halides is 3. The molecule has 1 saturated carbocycles. The number of hydrogen-bond donors (Lipinski definition) is 0. The van der Waals surface area contributed by atoms with Crippen LogP contribution in [0.5, 0.6) is 0 Å². The maximum absolute atomic E-state index is 12.8. The van der Waals surface area contributed by atoms with E-state index >= 15 is 0 Å². The number of nitrogens with zero attached hydrogens (tertiary/aromatic N) is 2. The van der Waals surface area contributed by atoms with Crippen molar-refractivity contribution in [3.63, 3.8) is 0 Å². The largest absolute Gasteiger partial charge is 0.417 e. The lowest BCUT2D eigenvalue weighted by Gasteiger charge is -2.31. The first-order chi connectivity index (χ1) is 8.91. The highest BCUT2D eigenvalue weighted by Gasteiger charge is 2.34. The van der Waals surface area contributed by atoms with Gasteiger partial charge in [0, 0.05) is 19.3 Å². The molecule has 0 unspecified atom stereocenters. The standard InChI is InChI=1S/C14H15F3N2/c1-19(9-10-3-2-4-10)12-6-5-11(8-18)13(7-12)14(15,16)17/h5-7,10H,2-4,9H2,1H3. The van der Waals surface area contributed by atoms with E-state index in [1.807, 2.05) is 4.90 Å². The predicted octanol–water partition coefficient (Wildman–Crippen LogP) is 3.81. The second-order valence-electron chi connectivity index (χ2n) is 5.02. The molecule has 1 fully saturated rings. The fourth-order valence-electron chi connectivity index (χ4n) is 2.27. The molecule has 0 aromatic heterocycles. The summed E-state index contributed by atoms with van der Waals surface area (Å²) in [6, 6.07) is 5.48. The number of anilines is 1. The molecule has 0 bridgehead atoms. The Kier molecular flexibility index (Phi) is 3.70. The third kappa shape index (κ3) is 3.01. The average molecular weight is 268 g/mol. The molecule has 1 aromatic carbocycles. The SMILES string of the molecule is CN(CC1CCC1)c1ccc(C#N)c(C(F)(F)F)c1. The fraction of sp³-hybridized carbons (Fsp3) is 0.500. The zero-order valence-electron chi connectivity index (χ0n) is 10.7. The van der Waals surface area contributed by atoms with Crippen LogP contribution in [0.2, 0.25) is 0 Å². The van der Waals surface area contributed by atoms with Gasteiger partial charge < -0.3 is 4.90 Å². The summed E-state index contributed by atoms with van der Waals surface area (Å²) >= 11 is 0. The highest BCUT2D eigenvalue weighted by atomic mass is 19.4. The van der Waals surface area contributed by atoms with E-state index in [0.29, 0.717) is 11.6 Å². The molecular formula is C14H15F3N2. The zero-order valence-corrected chi connectivity index (χ0v) is 10.7. The first-order valence-electron chi connectivity index (χ1n) is 6.24. The van der Waals surface area contributed by atoms with Crippen LogP contribution in [0, 0.1) is 17.2 Å². The van der Waals surface area contributed by atoms with Gasteiger partial charge in [-0.1, -0.05) is 6.42 Å². The van der Waals surface area contributed by atoms with E-state index in [4.69, 9.17) is 5.26 Å². The summed E-state index contributed by atoms with van der Waals surface area (Å²) in [6.45, 7) is 0.767. The first kappa shape index (κ1) is 13.7. The molecule has 0 atom stereocenters. The van der Waals surface area contributed by atoms with Crippen LogP contribution >= 0.6 is 0 Å². The minimum Gasteiger partial charge on any atom is -0.374 e. The highest BCUT2D eigenvalue weighted by Crippen LogP contribution is 2.35. The summed E-state index contributed by atoms with van der Waals surface area (Å²) in [6.07, 6.45) is -0.989. The summed E-state index contributed by atoms with van der Waals surface area (Å²) in [7, 11) is 1.79. The molecule has 0 spiro atoms. The van der Waals surface area contributed by atoms with E-state index in [0.717, 1.165) is 25.5 Å². The van der Waals surface area contributed by atoms with Crippen molar-refractivity contribution in [2.75, 3.05) is 18.5 Å². The van der Waals surface area contributed by atoms with Gasteiger partial charge >= 0.3 is 6.18 Å².